The molecular weight excluding hydrogens is 238 g/mol. The van der Waals surface area contributed by atoms with Crippen molar-refractivity contribution in [1.82, 2.24) is 9.88 Å². The van der Waals surface area contributed by atoms with E-state index in [1.807, 2.05) is 13.1 Å². The predicted molar refractivity (Wildman–Crippen MR) is 79.5 cm³/mol. The third-order valence-electron chi connectivity index (χ3n) is 3.01. The molecule has 106 valence electrons. The molecule has 0 aromatic carbocycles. The lowest BCUT2D eigenvalue weighted by Crippen LogP contribution is -2.27. The fourth-order valence-corrected chi connectivity index (χ4v) is 1.83. The van der Waals surface area contributed by atoms with E-state index in [9.17, 15) is 4.79 Å². The van der Waals surface area contributed by atoms with Gasteiger partial charge in [-0.05, 0) is 25.0 Å². The van der Waals surface area contributed by atoms with Gasteiger partial charge in [0.15, 0.2) is 0 Å². The van der Waals surface area contributed by atoms with Crippen molar-refractivity contribution in [2.75, 3.05) is 25.5 Å². The summed E-state index contributed by atoms with van der Waals surface area (Å²) >= 11 is 0. The summed E-state index contributed by atoms with van der Waals surface area (Å²) in [6.07, 6.45) is 6.12. The predicted octanol–water partition coefficient (Wildman–Crippen LogP) is 3.17. The Morgan fingerprint density at radius 2 is 2.11 bits per heavy atom. The number of carbonyl (C=O) groups excluding carboxylic acids is 1. The summed E-state index contributed by atoms with van der Waals surface area (Å²) in [5.41, 5.74) is 0.701. The molecule has 4 heteroatoms. The maximum atomic E-state index is 12.2. The first kappa shape index (κ1) is 15.5. The Balaban J connectivity index is 2.60. The Kier molecular flexibility index (Phi) is 6.93. The van der Waals surface area contributed by atoms with Gasteiger partial charge >= 0.3 is 0 Å². The Morgan fingerprint density at radius 3 is 2.79 bits per heavy atom. The van der Waals surface area contributed by atoms with E-state index in [1.165, 1.54) is 6.42 Å². The molecule has 1 amide bonds. The topological polar surface area (TPSA) is 45.2 Å². The first-order chi connectivity index (χ1) is 9.19. The molecule has 0 aliphatic rings. The second-order valence-electron chi connectivity index (χ2n) is 4.79. The van der Waals surface area contributed by atoms with Gasteiger partial charge in [-0.3, -0.25) is 4.79 Å². The minimum Gasteiger partial charge on any atom is -0.370 e. The molecule has 1 rings (SSSR count). The van der Waals surface area contributed by atoms with Crippen LogP contribution in [-0.4, -0.2) is 35.9 Å². The molecule has 1 N–H and O–H groups in total. The number of anilines is 1. The molecule has 0 aliphatic carbocycles. The number of rotatable bonds is 8. The largest absolute Gasteiger partial charge is 0.370 e. The summed E-state index contributed by atoms with van der Waals surface area (Å²) in [6.45, 7) is 5.95. The van der Waals surface area contributed by atoms with Crippen LogP contribution in [0.3, 0.4) is 0 Å². The number of amides is 1. The zero-order valence-corrected chi connectivity index (χ0v) is 12.3. The van der Waals surface area contributed by atoms with Crippen LogP contribution in [0.25, 0.3) is 0 Å². The van der Waals surface area contributed by atoms with Crippen molar-refractivity contribution in [2.24, 2.45) is 0 Å². The van der Waals surface area contributed by atoms with Crippen LogP contribution in [0.15, 0.2) is 18.3 Å². The molecule has 0 unspecified atom stereocenters. The monoisotopic (exact) mass is 263 g/mol. The van der Waals surface area contributed by atoms with Gasteiger partial charge in [0.2, 0.25) is 0 Å². The van der Waals surface area contributed by atoms with Crippen LogP contribution in [0.4, 0.5) is 5.82 Å². The summed E-state index contributed by atoms with van der Waals surface area (Å²) < 4.78 is 0. The molecule has 0 saturated heterocycles. The minimum absolute atomic E-state index is 0.0676. The van der Waals surface area contributed by atoms with Crippen molar-refractivity contribution in [2.45, 2.75) is 39.5 Å². The highest BCUT2D eigenvalue weighted by Gasteiger charge is 2.11. The van der Waals surface area contributed by atoms with Crippen molar-refractivity contribution in [3.8, 4) is 0 Å². The smallest absolute Gasteiger partial charge is 0.253 e. The first-order valence-corrected chi connectivity index (χ1v) is 7.14. The van der Waals surface area contributed by atoms with Crippen molar-refractivity contribution in [3.05, 3.63) is 23.9 Å². The van der Waals surface area contributed by atoms with Gasteiger partial charge < -0.3 is 10.2 Å². The summed E-state index contributed by atoms with van der Waals surface area (Å²) in [6, 6.07) is 3.60. The van der Waals surface area contributed by atoms with Gasteiger partial charge in [-0.25, -0.2) is 4.98 Å². The van der Waals surface area contributed by atoms with Gasteiger partial charge in [0.1, 0.15) is 5.82 Å². The molecule has 1 aromatic rings. The molecule has 0 spiro atoms. The third kappa shape index (κ3) is 5.28. The number of nitrogens with one attached hydrogen (secondary N) is 1. The van der Waals surface area contributed by atoms with Crippen LogP contribution in [0.1, 0.15) is 49.9 Å². The highest BCUT2D eigenvalue weighted by atomic mass is 16.2. The Bertz CT molecular complexity index is 393. The minimum atomic E-state index is 0.0676. The molecule has 0 fully saturated rings. The van der Waals surface area contributed by atoms with Crippen LogP contribution in [-0.2, 0) is 0 Å². The second-order valence-corrected chi connectivity index (χ2v) is 4.79. The molecule has 4 nitrogen and oxygen atoms in total. The molecule has 0 bridgehead atoms. The average molecular weight is 263 g/mol. The normalized spacial score (nSPS) is 10.3. The van der Waals surface area contributed by atoms with Crippen LogP contribution in [0, 0.1) is 0 Å². The van der Waals surface area contributed by atoms with Crippen LogP contribution < -0.4 is 5.32 Å². The molecule has 19 heavy (non-hydrogen) atoms. The zero-order valence-electron chi connectivity index (χ0n) is 12.3. The summed E-state index contributed by atoms with van der Waals surface area (Å²) in [5.74, 6) is 0.840. The fourth-order valence-electron chi connectivity index (χ4n) is 1.83. The molecule has 0 aliphatic heterocycles. The molecule has 0 atom stereocenters. The summed E-state index contributed by atoms with van der Waals surface area (Å²) in [4.78, 5) is 18.2. The number of carbonyl (C=O) groups is 1. The van der Waals surface area contributed by atoms with E-state index in [4.69, 9.17) is 0 Å². The second kappa shape index (κ2) is 8.51. The molecule has 0 saturated carbocycles. The maximum Gasteiger partial charge on any atom is 0.253 e. The lowest BCUT2D eigenvalue weighted by Gasteiger charge is -2.17. The Labute approximate surface area is 116 Å². The average Bonchev–Trinajstić information content (AvgIpc) is 2.44. The highest BCUT2D eigenvalue weighted by Crippen LogP contribution is 2.10. The van der Waals surface area contributed by atoms with Crippen molar-refractivity contribution < 1.29 is 4.79 Å². The zero-order chi connectivity index (χ0) is 14.1. The van der Waals surface area contributed by atoms with Gasteiger partial charge in [-0.15, -0.1) is 0 Å². The van der Waals surface area contributed by atoms with E-state index < -0.39 is 0 Å². The molecular formula is C15H25N3O. The van der Waals surface area contributed by atoms with E-state index in [-0.39, 0.29) is 5.91 Å². The van der Waals surface area contributed by atoms with Gasteiger partial charge in [0, 0.05) is 31.9 Å². The fraction of sp³-hybridized carbons (Fsp3) is 0.600. The van der Waals surface area contributed by atoms with Crippen LogP contribution >= 0.6 is 0 Å². The highest BCUT2D eigenvalue weighted by molar-refractivity contribution is 5.94. The van der Waals surface area contributed by atoms with E-state index in [0.29, 0.717) is 5.56 Å². The van der Waals surface area contributed by atoms with E-state index in [0.717, 1.165) is 38.2 Å². The SMILES string of the molecule is CCCCCN(C)C(=O)c1ccnc(NCCC)c1. The third-order valence-corrected chi connectivity index (χ3v) is 3.01. The number of hydrogen-bond donors (Lipinski definition) is 1. The quantitative estimate of drug-likeness (QED) is 0.733. The van der Waals surface area contributed by atoms with Crippen molar-refractivity contribution >= 4 is 11.7 Å². The van der Waals surface area contributed by atoms with Crippen LogP contribution in [0.2, 0.25) is 0 Å². The van der Waals surface area contributed by atoms with Gasteiger partial charge in [0.25, 0.3) is 5.91 Å². The summed E-state index contributed by atoms with van der Waals surface area (Å²) in [5, 5.41) is 3.20. The lowest BCUT2D eigenvalue weighted by atomic mass is 10.2. The Morgan fingerprint density at radius 1 is 1.32 bits per heavy atom. The number of pyridine rings is 1. The van der Waals surface area contributed by atoms with Gasteiger partial charge in [-0.2, -0.15) is 0 Å². The maximum absolute atomic E-state index is 12.2. The number of unbranched alkanes of at least 4 members (excludes halogenated alkanes) is 2. The van der Waals surface area contributed by atoms with Crippen LogP contribution in [0.5, 0.6) is 0 Å². The lowest BCUT2D eigenvalue weighted by molar-refractivity contribution is 0.0792. The van der Waals surface area contributed by atoms with Crippen molar-refractivity contribution in [1.29, 1.82) is 0 Å². The van der Waals surface area contributed by atoms with Gasteiger partial charge in [0.05, 0.1) is 0 Å². The van der Waals surface area contributed by atoms with E-state index in [1.54, 1.807) is 17.2 Å². The molecule has 0 radical (unpaired) electrons. The number of nitrogens with zero attached hydrogens (tertiary/aromatic N) is 2. The Hall–Kier alpha value is -1.58. The van der Waals surface area contributed by atoms with E-state index >= 15 is 0 Å². The standard InChI is InChI=1S/C15H25N3O/c1-4-6-7-11-18(3)15(19)13-8-10-17-14(12-13)16-9-5-2/h8,10,12H,4-7,9,11H2,1-3H3,(H,16,17). The number of aromatic nitrogens is 1. The molecule has 1 heterocycles. The summed E-state index contributed by atoms with van der Waals surface area (Å²) in [7, 11) is 1.86. The number of hydrogen-bond acceptors (Lipinski definition) is 3. The van der Waals surface area contributed by atoms with E-state index in [2.05, 4.69) is 24.1 Å². The van der Waals surface area contributed by atoms with Gasteiger partial charge in [-0.1, -0.05) is 26.7 Å². The molecule has 1 aromatic heterocycles. The van der Waals surface area contributed by atoms with Crippen molar-refractivity contribution in [3.63, 3.8) is 0 Å². The first-order valence-electron chi connectivity index (χ1n) is 7.14.